The maximum absolute atomic E-state index is 12.6. The fourth-order valence-electron chi connectivity index (χ4n) is 2.75. The van der Waals surface area contributed by atoms with Crippen LogP contribution in [0.25, 0.3) is 6.08 Å². The number of nitrogens with zero attached hydrogens (tertiary/aromatic N) is 1. The molecule has 28 heavy (non-hydrogen) atoms. The molecule has 0 aromatic heterocycles. The quantitative estimate of drug-likeness (QED) is 0.658. The number of amides is 3. The number of carbonyl (C=O) groups is 3. The number of halogens is 1. The third-order valence-corrected chi connectivity index (χ3v) is 5.60. The van der Waals surface area contributed by atoms with Crippen LogP contribution in [0, 0.1) is 13.8 Å². The van der Waals surface area contributed by atoms with Gasteiger partial charge in [0.15, 0.2) is 0 Å². The molecule has 0 atom stereocenters. The number of carbonyl (C=O) groups excluding carboxylic acids is 3. The second-order valence-corrected chi connectivity index (χ2v) is 8.19. The van der Waals surface area contributed by atoms with Crippen molar-refractivity contribution in [2.75, 3.05) is 11.9 Å². The molecule has 1 aliphatic heterocycles. The van der Waals surface area contributed by atoms with Crippen molar-refractivity contribution in [1.29, 1.82) is 0 Å². The number of imide groups is 1. The number of hydrogen-bond acceptors (Lipinski definition) is 5. The molecule has 0 radical (unpaired) electrons. The molecule has 1 aliphatic rings. The van der Waals surface area contributed by atoms with Crippen LogP contribution in [-0.2, 0) is 9.59 Å². The van der Waals surface area contributed by atoms with Gasteiger partial charge in [0.05, 0.1) is 4.91 Å². The van der Waals surface area contributed by atoms with Crippen molar-refractivity contribution < 1.29 is 19.5 Å². The van der Waals surface area contributed by atoms with E-state index in [-0.39, 0.29) is 17.2 Å². The lowest BCUT2D eigenvalue weighted by Gasteiger charge is -2.15. The Hall–Kier alpha value is -2.58. The molecule has 0 saturated carbocycles. The van der Waals surface area contributed by atoms with Gasteiger partial charge in [-0.15, -0.1) is 0 Å². The first-order valence-electron chi connectivity index (χ1n) is 8.36. The summed E-state index contributed by atoms with van der Waals surface area (Å²) in [6, 6.07) is 10.4. The molecule has 3 amide bonds. The minimum atomic E-state index is -0.564. The summed E-state index contributed by atoms with van der Waals surface area (Å²) in [4.78, 5) is 38.3. The van der Waals surface area contributed by atoms with Crippen molar-refractivity contribution in [3.05, 3.63) is 62.5 Å². The summed E-state index contributed by atoms with van der Waals surface area (Å²) < 4.78 is 0.726. The summed E-state index contributed by atoms with van der Waals surface area (Å²) in [5.41, 5.74) is 2.87. The summed E-state index contributed by atoms with van der Waals surface area (Å²) in [5.74, 6) is -1.03. The second kappa shape index (κ2) is 8.20. The highest BCUT2D eigenvalue weighted by atomic mass is 79.9. The lowest BCUT2D eigenvalue weighted by atomic mass is 10.1. The number of phenols is 1. The van der Waals surface area contributed by atoms with Crippen LogP contribution in [0.15, 0.2) is 45.8 Å². The van der Waals surface area contributed by atoms with Gasteiger partial charge in [0.2, 0.25) is 5.91 Å². The molecule has 0 aliphatic carbocycles. The number of thioether (sulfide) groups is 1. The molecule has 1 heterocycles. The van der Waals surface area contributed by atoms with E-state index in [9.17, 15) is 19.5 Å². The van der Waals surface area contributed by atoms with Gasteiger partial charge in [-0.05, 0) is 61.0 Å². The summed E-state index contributed by atoms with van der Waals surface area (Å²) in [6.45, 7) is 3.37. The Bertz CT molecular complexity index is 999. The van der Waals surface area contributed by atoms with E-state index in [2.05, 4.69) is 21.2 Å². The van der Waals surface area contributed by atoms with Gasteiger partial charge in [-0.3, -0.25) is 19.3 Å². The number of anilines is 1. The molecule has 1 fully saturated rings. The van der Waals surface area contributed by atoms with Crippen LogP contribution in [0.5, 0.6) is 5.75 Å². The highest BCUT2D eigenvalue weighted by molar-refractivity contribution is 9.10. The Kier molecular flexibility index (Phi) is 5.90. The second-order valence-electron chi connectivity index (χ2n) is 6.29. The summed E-state index contributed by atoms with van der Waals surface area (Å²) in [5, 5.41) is 12.2. The monoisotopic (exact) mass is 460 g/mol. The number of para-hydroxylation sites is 1. The Morgan fingerprint density at radius 3 is 2.57 bits per heavy atom. The largest absolute Gasteiger partial charge is 0.507 e. The lowest BCUT2D eigenvalue weighted by molar-refractivity contribution is -0.127. The first-order valence-corrected chi connectivity index (χ1v) is 9.97. The normalized spacial score (nSPS) is 15.4. The molecular formula is C20H17BrN2O4S. The molecule has 0 unspecified atom stereocenters. The average molecular weight is 461 g/mol. The lowest BCUT2D eigenvalue weighted by Crippen LogP contribution is -2.36. The fourth-order valence-corrected chi connectivity index (χ4v) is 3.96. The summed E-state index contributed by atoms with van der Waals surface area (Å²) in [6.07, 6.45) is 1.44. The predicted octanol–water partition coefficient (Wildman–Crippen LogP) is 4.45. The van der Waals surface area contributed by atoms with Gasteiger partial charge >= 0.3 is 0 Å². The summed E-state index contributed by atoms with van der Waals surface area (Å²) in [7, 11) is 0. The van der Waals surface area contributed by atoms with Crippen LogP contribution >= 0.6 is 27.7 Å². The van der Waals surface area contributed by atoms with Gasteiger partial charge < -0.3 is 10.4 Å². The molecule has 0 bridgehead atoms. The zero-order chi connectivity index (χ0) is 20.4. The van der Waals surface area contributed by atoms with Gasteiger partial charge in [-0.25, -0.2) is 0 Å². The van der Waals surface area contributed by atoms with Crippen molar-refractivity contribution in [3.8, 4) is 5.75 Å². The van der Waals surface area contributed by atoms with E-state index in [1.807, 2.05) is 32.0 Å². The Balaban J connectivity index is 1.76. The number of aromatic hydroxyl groups is 1. The Morgan fingerprint density at radius 2 is 1.89 bits per heavy atom. The minimum Gasteiger partial charge on any atom is -0.507 e. The van der Waals surface area contributed by atoms with Gasteiger partial charge in [0.1, 0.15) is 12.3 Å². The fraction of sp³-hybridized carbons (Fsp3) is 0.150. The highest BCUT2D eigenvalue weighted by Crippen LogP contribution is 2.34. The maximum atomic E-state index is 12.6. The average Bonchev–Trinajstić information content (AvgIpc) is 2.89. The zero-order valence-electron chi connectivity index (χ0n) is 15.2. The smallest absolute Gasteiger partial charge is 0.294 e. The third-order valence-electron chi connectivity index (χ3n) is 4.20. The van der Waals surface area contributed by atoms with Crippen LogP contribution in [-0.4, -0.2) is 33.6 Å². The number of benzene rings is 2. The number of rotatable bonds is 4. The zero-order valence-corrected chi connectivity index (χ0v) is 17.6. The van der Waals surface area contributed by atoms with Gasteiger partial charge in [0, 0.05) is 15.7 Å². The van der Waals surface area contributed by atoms with Crippen molar-refractivity contribution >= 4 is 56.5 Å². The molecule has 2 N–H and O–H groups in total. The van der Waals surface area contributed by atoms with E-state index in [4.69, 9.17) is 0 Å². The van der Waals surface area contributed by atoms with Gasteiger partial charge in [-0.1, -0.05) is 34.1 Å². The van der Waals surface area contributed by atoms with Crippen LogP contribution < -0.4 is 5.32 Å². The molecule has 2 aromatic rings. The molecule has 144 valence electrons. The maximum Gasteiger partial charge on any atom is 0.294 e. The van der Waals surface area contributed by atoms with E-state index in [0.717, 1.165) is 32.3 Å². The van der Waals surface area contributed by atoms with Crippen LogP contribution in [0.3, 0.4) is 0 Å². The molecule has 0 spiro atoms. The van der Waals surface area contributed by atoms with Crippen molar-refractivity contribution in [2.45, 2.75) is 13.8 Å². The molecule has 8 heteroatoms. The summed E-state index contributed by atoms with van der Waals surface area (Å²) >= 11 is 4.04. The standard InChI is InChI=1S/C20H17BrN2O4S/c1-11-4-3-5-12(2)18(11)22-17(25)10-23-19(26)16(28-20(23)27)9-13-8-14(21)6-7-15(13)24/h3-9,24H,10H2,1-2H3,(H,22,25)/b16-9-. The van der Waals surface area contributed by atoms with E-state index in [1.54, 1.807) is 12.1 Å². The number of hydrogen-bond donors (Lipinski definition) is 2. The first-order chi connectivity index (χ1) is 13.3. The molecular weight excluding hydrogens is 444 g/mol. The van der Waals surface area contributed by atoms with Crippen LogP contribution in [0.2, 0.25) is 0 Å². The highest BCUT2D eigenvalue weighted by Gasteiger charge is 2.36. The topological polar surface area (TPSA) is 86.7 Å². The molecule has 1 saturated heterocycles. The Labute approximate surface area is 174 Å². The van der Waals surface area contributed by atoms with Gasteiger partial charge in [-0.2, -0.15) is 0 Å². The minimum absolute atomic E-state index is 0.0113. The number of phenolic OH excluding ortho intramolecular Hbond substituents is 1. The molecule has 2 aromatic carbocycles. The van der Waals surface area contributed by atoms with Crippen molar-refractivity contribution in [3.63, 3.8) is 0 Å². The molecule has 6 nitrogen and oxygen atoms in total. The van der Waals surface area contributed by atoms with Gasteiger partial charge in [0.25, 0.3) is 11.1 Å². The number of nitrogens with one attached hydrogen (secondary N) is 1. The van der Waals surface area contributed by atoms with E-state index >= 15 is 0 Å². The first kappa shape index (κ1) is 20.2. The SMILES string of the molecule is Cc1cccc(C)c1NC(=O)CN1C(=O)S/C(=C\c2cc(Br)ccc2O)C1=O. The molecule has 3 rings (SSSR count). The van der Waals surface area contributed by atoms with Crippen molar-refractivity contribution in [1.82, 2.24) is 4.90 Å². The van der Waals surface area contributed by atoms with E-state index in [0.29, 0.717) is 11.3 Å². The third kappa shape index (κ3) is 4.28. The van der Waals surface area contributed by atoms with Crippen molar-refractivity contribution in [2.24, 2.45) is 0 Å². The van der Waals surface area contributed by atoms with E-state index < -0.39 is 17.1 Å². The Morgan fingerprint density at radius 1 is 1.21 bits per heavy atom. The van der Waals surface area contributed by atoms with E-state index in [1.165, 1.54) is 12.1 Å². The number of aryl methyl sites for hydroxylation is 2. The van der Waals surface area contributed by atoms with Crippen LogP contribution in [0.4, 0.5) is 10.5 Å². The van der Waals surface area contributed by atoms with Crippen LogP contribution in [0.1, 0.15) is 16.7 Å². The predicted molar refractivity (Wildman–Crippen MR) is 113 cm³/mol.